The summed E-state index contributed by atoms with van der Waals surface area (Å²) in [6.45, 7) is 6.10. The maximum atomic E-state index is 4.07. The Morgan fingerprint density at radius 1 is 1.08 bits per heavy atom. The molecule has 0 N–H and O–H groups in total. The summed E-state index contributed by atoms with van der Waals surface area (Å²) in [6, 6.07) is 8.30. The van der Waals surface area contributed by atoms with E-state index in [0.29, 0.717) is 0 Å². The summed E-state index contributed by atoms with van der Waals surface area (Å²) in [5.74, 6) is 0. The molecule has 0 atom stereocenters. The predicted molar refractivity (Wildman–Crippen MR) is 57.8 cm³/mol. The van der Waals surface area contributed by atoms with Crippen molar-refractivity contribution in [1.29, 1.82) is 0 Å². The molecule has 1 nitrogen and oxygen atoms in total. The number of fused-ring (bicyclic) bond motifs is 1. The van der Waals surface area contributed by atoms with Crippen molar-refractivity contribution in [3.05, 3.63) is 42.2 Å². The van der Waals surface area contributed by atoms with E-state index in [-0.39, 0.29) is 0 Å². The first kappa shape index (κ1) is 9.72. The van der Waals surface area contributed by atoms with Gasteiger partial charge in [-0.1, -0.05) is 32.0 Å². The van der Waals surface area contributed by atoms with E-state index in [2.05, 4.69) is 30.1 Å². The summed E-state index contributed by atoms with van der Waals surface area (Å²) < 4.78 is 0. The van der Waals surface area contributed by atoms with Crippen LogP contribution in [-0.4, -0.2) is 4.98 Å². The number of aromatic nitrogens is 1. The second-order valence-corrected chi connectivity index (χ2v) is 2.67. The molecule has 0 amide bonds. The number of pyridine rings is 1. The zero-order chi connectivity index (χ0) is 9.68. The maximum Gasteiger partial charge on any atom is 0.0349 e. The summed E-state index contributed by atoms with van der Waals surface area (Å²) in [4.78, 5) is 4.07. The van der Waals surface area contributed by atoms with Gasteiger partial charge < -0.3 is 0 Å². The Morgan fingerprint density at radius 2 is 1.85 bits per heavy atom. The molecule has 2 aromatic rings. The molecule has 0 aliphatic rings. The van der Waals surface area contributed by atoms with Gasteiger partial charge in [0.05, 0.1) is 0 Å². The number of aryl methyl sites for hydroxylation is 1. The summed E-state index contributed by atoms with van der Waals surface area (Å²) in [5.41, 5.74) is 1.29. The topological polar surface area (TPSA) is 12.9 Å². The first-order valence-electron chi connectivity index (χ1n) is 4.67. The van der Waals surface area contributed by atoms with Crippen molar-refractivity contribution in [2.24, 2.45) is 0 Å². The Balaban J connectivity index is 0.000000396. The lowest BCUT2D eigenvalue weighted by molar-refractivity contribution is 1.35. The summed E-state index contributed by atoms with van der Waals surface area (Å²) in [5, 5.41) is 2.51. The number of nitrogens with zero attached hydrogens (tertiary/aromatic N) is 1. The molecule has 0 aliphatic carbocycles. The zero-order valence-corrected chi connectivity index (χ0v) is 8.41. The van der Waals surface area contributed by atoms with Crippen molar-refractivity contribution in [2.75, 3.05) is 0 Å². The zero-order valence-electron chi connectivity index (χ0n) is 8.41. The molecule has 1 heteroatoms. The average Bonchev–Trinajstić information content (AvgIpc) is 2.22. The first-order chi connectivity index (χ1) is 6.38. The fraction of sp³-hybridized carbons (Fsp3) is 0.250. The highest BCUT2D eigenvalue weighted by molar-refractivity contribution is 5.84. The van der Waals surface area contributed by atoms with Gasteiger partial charge in [-0.15, -0.1) is 0 Å². The van der Waals surface area contributed by atoms with E-state index in [4.69, 9.17) is 0 Å². The van der Waals surface area contributed by atoms with Crippen LogP contribution in [0, 0.1) is 6.92 Å². The van der Waals surface area contributed by atoms with Gasteiger partial charge in [-0.25, -0.2) is 0 Å². The van der Waals surface area contributed by atoms with E-state index in [1.807, 2.05) is 32.3 Å². The smallest absolute Gasteiger partial charge is 0.0349 e. The molecule has 0 saturated heterocycles. The highest BCUT2D eigenvalue weighted by Crippen LogP contribution is 2.15. The molecule has 0 fully saturated rings. The van der Waals surface area contributed by atoms with Gasteiger partial charge in [0.2, 0.25) is 0 Å². The molecule has 68 valence electrons. The van der Waals surface area contributed by atoms with Crippen LogP contribution in [0.4, 0.5) is 0 Å². The molecule has 0 radical (unpaired) electrons. The summed E-state index contributed by atoms with van der Waals surface area (Å²) in [7, 11) is 0. The quantitative estimate of drug-likeness (QED) is 0.593. The minimum atomic E-state index is 1.25. The maximum absolute atomic E-state index is 4.07. The Morgan fingerprint density at radius 3 is 2.54 bits per heavy atom. The molecule has 1 aromatic carbocycles. The van der Waals surface area contributed by atoms with E-state index in [9.17, 15) is 0 Å². The third-order valence-corrected chi connectivity index (χ3v) is 1.90. The van der Waals surface area contributed by atoms with Crippen LogP contribution in [0.5, 0.6) is 0 Å². The predicted octanol–water partition coefficient (Wildman–Crippen LogP) is 3.57. The fourth-order valence-corrected chi connectivity index (χ4v) is 1.27. The van der Waals surface area contributed by atoms with E-state index < -0.39 is 0 Å². The molecular formula is C12H15N. The summed E-state index contributed by atoms with van der Waals surface area (Å²) in [6.07, 6.45) is 3.73. The standard InChI is InChI=1S/C10H9N.C2H6/c1-8-3-2-4-9-5-6-11-7-10(8)9;1-2/h2-7H,1H3;1-2H3. The monoisotopic (exact) mass is 173 g/mol. The van der Waals surface area contributed by atoms with Crippen LogP contribution in [0.3, 0.4) is 0 Å². The fourth-order valence-electron chi connectivity index (χ4n) is 1.27. The van der Waals surface area contributed by atoms with Gasteiger partial charge in [0.25, 0.3) is 0 Å². The van der Waals surface area contributed by atoms with Gasteiger partial charge in [-0.3, -0.25) is 4.98 Å². The van der Waals surface area contributed by atoms with Gasteiger partial charge in [0, 0.05) is 17.8 Å². The van der Waals surface area contributed by atoms with Crippen molar-refractivity contribution in [2.45, 2.75) is 20.8 Å². The van der Waals surface area contributed by atoms with Crippen molar-refractivity contribution >= 4 is 10.8 Å². The van der Waals surface area contributed by atoms with Crippen LogP contribution < -0.4 is 0 Å². The Labute approximate surface area is 79.4 Å². The van der Waals surface area contributed by atoms with Crippen LogP contribution in [0.15, 0.2) is 36.7 Å². The van der Waals surface area contributed by atoms with E-state index >= 15 is 0 Å². The molecule has 1 aromatic heterocycles. The second kappa shape index (κ2) is 4.61. The third-order valence-electron chi connectivity index (χ3n) is 1.90. The number of benzene rings is 1. The van der Waals surface area contributed by atoms with Gasteiger partial charge >= 0.3 is 0 Å². The minimum absolute atomic E-state index is 1.25. The van der Waals surface area contributed by atoms with Gasteiger partial charge in [0.1, 0.15) is 0 Å². The van der Waals surface area contributed by atoms with Crippen molar-refractivity contribution in [3.63, 3.8) is 0 Å². The Kier molecular flexibility index (Phi) is 3.44. The molecule has 0 spiro atoms. The highest BCUT2D eigenvalue weighted by Gasteiger charge is 1.92. The van der Waals surface area contributed by atoms with E-state index in [1.165, 1.54) is 16.3 Å². The normalized spacial score (nSPS) is 9.15. The van der Waals surface area contributed by atoms with E-state index in [0.717, 1.165) is 0 Å². The van der Waals surface area contributed by atoms with Crippen molar-refractivity contribution in [3.8, 4) is 0 Å². The lowest BCUT2D eigenvalue weighted by Gasteiger charge is -1.98. The van der Waals surface area contributed by atoms with Crippen LogP contribution >= 0.6 is 0 Å². The molecule has 13 heavy (non-hydrogen) atoms. The first-order valence-corrected chi connectivity index (χ1v) is 4.67. The molecule has 0 bridgehead atoms. The van der Waals surface area contributed by atoms with Crippen molar-refractivity contribution < 1.29 is 0 Å². The Bertz CT molecular complexity index is 374. The number of rotatable bonds is 0. The lowest BCUT2D eigenvalue weighted by atomic mass is 10.1. The number of hydrogen-bond acceptors (Lipinski definition) is 1. The molecule has 1 heterocycles. The molecule has 0 saturated carbocycles. The van der Waals surface area contributed by atoms with Crippen LogP contribution in [0.2, 0.25) is 0 Å². The second-order valence-electron chi connectivity index (χ2n) is 2.67. The SMILES string of the molecule is CC.Cc1cccc2ccncc12. The molecular weight excluding hydrogens is 158 g/mol. The van der Waals surface area contributed by atoms with Gasteiger partial charge in [-0.2, -0.15) is 0 Å². The number of hydrogen-bond donors (Lipinski definition) is 0. The van der Waals surface area contributed by atoms with E-state index in [1.54, 1.807) is 0 Å². The van der Waals surface area contributed by atoms with Crippen LogP contribution in [0.25, 0.3) is 10.8 Å². The van der Waals surface area contributed by atoms with Gasteiger partial charge in [-0.05, 0) is 23.9 Å². The minimum Gasteiger partial charge on any atom is -0.264 e. The molecule has 0 unspecified atom stereocenters. The highest BCUT2D eigenvalue weighted by atomic mass is 14.6. The van der Waals surface area contributed by atoms with Crippen molar-refractivity contribution in [1.82, 2.24) is 4.98 Å². The summed E-state index contributed by atoms with van der Waals surface area (Å²) >= 11 is 0. The van der Waals surface area contributed by atoms with Crippen LogP contribution in [-0.2, 0) is 0 Å². The largest absolute Gasteiger partial charge is 0.264 e. The van der Waals surface area contributed by atoms with Gasteiger partial charge in [0.15, 0.2) is 0 Å². The lowest BCUT2D eigenvalue weighted by Crippen LogP contribution is -1.78. The molecule has 0 aliphatic heterocycles. The Hall–Kier alpha value is -1.37. The third kappa shape index (κ3) is 2.05. The average molecular weight is 173 g/mol. The molecule has 2 rings (SSSR count). The van der Waals surface area contributed by atoms with Crippen LogP contribution in [0.1, 0.15) is 19.4 Å².